The molecule has 0 bridgehead atoms. The summed E-state index contributed by atoms with van der Waals surface area (Å²) in [6, 6.07) is 19.9. The molecular formula is C14H14NO+. The van der Waals surface area contributed by atoms with Crippen LogP contribution in [0.25, 0.3) is 0 Å². The van der Waals surface area contributed by atoms with Crippen molar-refractivity contribution in [2.24, 2.45) is 0 Å². The largest absolute Gasteiger partial charge is 0.497 e. The molecule has 0 unspecified atom stereocenters. The van der Waals surface area contributed by atoms with Crippen molar-refractivity contribution in [3.8, 4) is 5.75 Å². The van der Waals surface area contributed by atoms with Crippen LogP contribution in [0.1, 0.15) is 0 Å². The molecule has 0 radical (unpaired) electrons. The van der Waals surface area contributed by atoms with Crippen LogP contribution in [0, 0.1) is 0 Å². The van der Waals surface area contributed by atoms with Gasteiger partial charge in [0.25, 0.3) is 0 Å². The second-order valence-corrected chi connectivity index (χ2v) is 3.41. The fourth-order valence-corrected chi connectivity index (χ4v) is 1.43. The van der Waals surface area contributed by atoms with Crippen molar-refractivity contribution in [3.63, 3.8) is 0 Å². The minimum absolute atomic E-state index is 0.865. The molecule has 0 atom stereocenters. The summed E-state index contributed by atoms with van der Waals surface area (Å²) in [6.07, 6.45) is 0. The number of benzene rings is 1. The predicted octanol–water partition coefficient (Wildman–Crippen LogP) is 1.01. The van der Waals surface area contributed by atoms with Crippen LogP contribution >= 0.6 is 0 Å². The Balaban J connectivity index is 2.36. The number of nitrogens with one attached hydrogen (secondary N) is 1. The Labute approximate surface area is 94.9 Å². The lowest BCUT2D eigenvalue weighted by Crippen LogP contribution is -2.69. The third-order valence-electron chi connectivity index (χ3n) is 2.26. The fourth-order valence-electron chi connectivity index (χ4n) is 1.43. The van der Waals surface area contributed by atoms with Gasteiger partial charge in [-0.1, -0.05) is 24.3 Å². The van der Waals surface area contributed by atoms with Crippen LogP contribution in [0.2, 0.25) is 0 Å². The topological polar surface area (TPSA) is 23.2 Å². The Morgan fingerprint density at radius 1 is 0.812 bits per heavy atom. The molecule has 0 spiro atoms. The highest BCUT2D eigenvalue weighted by atomic mass is 16.5. The van der Waals surface area contributed by atoms with E-state index in [4.69, 9.17) is 4.74 Å². The lowest BCUT2D eigenvalue weighted by molar-refractivity contribution is -0.402. The standard InChI is InChI=1S/C14H13NO/c1-16-14-10-8-13(9-11-14)15-12-6-4-2-3-5-7-12/h2-11H,1H3/p+1. The summed E-state index contributed by atoms with van der Waals surface area (Å²) in [5.74, 6) is 0.865. The van der Waals surface area contributed by atoms with Crippen LogP contribution < -0.4 is 15.1 Å². The van der Waals surface area contributed by atoms with E-state index in [1.165, 1.54) is 0 Å². The summed E-state index contributed by atoms with van der Waals surface area (Å²) in [7, 11) is 1.67. The first kappa shape index (κ1) is 10.4. The van der Waals surface area contributed by atoms with Crippen molar-refractivity contribution in [1.82, 2.24) is 0 Å². The molecule has 2 nitrogen and oxygen atoms in total. The summed E-state index contributed by atoms with van der Waals surface area (Å²) in [5, 5.41) is 1.06. The van der Waals surface area contributed by atoms with E-state index in [0.717, 1.165) is 16.8 Å². The maximum absolute atomic E-state index is 5.11. The Morgan fingerprint density at radius 2 is 1.44 bits per heavy atom. The third-order valence-corrected chi connectivity index (χ3v) is 2.26. The molecule has 0 fully saturated rings. The first-order valence-corrected chi connectivity index (χ1v) is 5.18. The first-order valence-electron chi connectivity index (χ1n) is 5.18. The molecule has 0 aliphatic rings. The highest BCUT2D eigenvalue weighted by molar-refractivity contribution is 5.34. The Kier molecular flexibility index (Phi) is 3.34. The average Bonchev–Trinajstić information content (AvgIpc) is 2.59. The molecule has 0 aliphatic carbocycles. The van der Waals surface area contributed by atoms with Crippen molar-refractivity contribution in [3.05, 3.63) is 66.0 Å². The van der Waals surface area contributed by atoms with Gasteiger partial charge in [0.1, 0.15) is 5.75 Å². The minimum atomic E-state index is 0.865. The average molecular weight is 212 g/mol. The van der Waals surface area contributed by atoms with Crippen LogP contribution in [0.4, 0.5) is 5.69 Å². The van der Waals surface area contributed by atoms with Gasteiger partial charge in [-0.05, 0) is 12.1 Å². The van der Waals surface area contributed by atoms with E-state index < -0.39 is 0 Å². The Morgan fingerprint density at radius 3 is 2.00 bits per heavy atom. The molecule has 0 heterocycles. The van der Waals surface area contributed by atoms with E-state index in [1.807, 2.05) is 60.7 Å². The molecule has 2 aromatic rings. The summed E-state index contributed by atoms with van der Waals surface area (Å²) >= 11 is 0. The summed E-state index contributed by atoms with van der Waals surface area (Å²) in [5.41, 5.74) is 1.05. The number of hydrogen-bond donors (Lipinski definition) is 1. The van der Waals surface area contributed by atoms with E-state index in [1.54, 1.807) is 7.11 Å². The van der Waals surface area contributed by atoms with Gasteiger partial charge in [0.2, 0.25) is 11.0 Å². The molecule has 16 heavy (non-hydrogen) atoms. The first-order chi connectivity index (χ1) is 7.88. The maximum atomic E-state index is 5.11. The van der Waals surface area contributed by atoms with Crippen molar-refractivity contribution >= 4 is 5.69 Å². The van der Waals surface area contributed by atoms with E-state index in [2.05, 4.69) is 4.99 Å². The van der Waals surface area contributed by atoms with Crippen molar-refractivity contribution in [2.45, 2.75) is 0 Å². The molecule has 0 saturated heterocycles. The molecule has 2 heteroatoms. The third kappa shape index (κ3) is 2.70. The quantitative estimate of drug-likeness (QED) is 0.789. The second-order valence-electron chi connectivity index (χ2n) is 3.41. The van der Waals surface area contributed by atoms with Gasteiger partial charge in [-0.15, -0.1) is 0 Å². The molecule has 0 amide bonds. The lowest BCUT2D eigenvalue weighted by Gasteiger charge is -1.95. The van der Waals surface area contributed by atoms with Gasteiger partial charge in [0.15, 0.2) is 0 Å². The monoisotopic (exact) mass is 212 g/mol. The highest BCUT2D eigenvalue weighted by Gasteiger charge is 1.95. The maximum Gasteiger partial charge on any atom is 0.204 e. The second kappa shape index (κ2) is 5.12. The van der Waals surface area contributed by atoms with Crippen LogP contribution in [0.3, 0.4) is 0 Å². The zero-order chi connectivity index (χ0) is 11.2. The van der Waals surface area contributed by atoms with E-state index >= 15 is 0 Å². The SMILES string of the molecule is COc1ccc([NH+]=c2cccccc2)cc1. The fraction of sp³-hybridized carbons (Fsp3) is 0.0714. The predicted molar refractivity (Wildman–Crippen MR) is 63.2 cm³/mol. The van der Waals surface area contributed by atoms with Crippen LogP contribution in [0.15, 0.2) is 60.7 Å². The van der Waals surface area contributed by atoms with Crippen molar-refractivity contribution < 1.29 is 9.73 Å². The zero-order valence-corrected chi connectivity index (χ0v) is 9.18. The lowest BCUT2D eigenvalue weighted by atomic mass is 10.3. The normalized spacial score (nSPS) is 9.56. The van der Waals surface area contributed by atoms with Crippen molar-refractivity contribution in [1.29, 1.82) is 0 Å². The molecule has 80 valence electrons. The van der Waals surface area contributed by atoms with Crippen LogP contribution in [0.5, 0.6) is 5.75 Å². The zero-order valence-electron chi connectivity index (χ0n) is 9.18. The number of ether oxygens (including phenoxy) is 1. The number of hydrogen-bond acceptors (Lipinski definition) is 1. The van der Waals surface area contributed by atoms with E-state index in [-0.39, 0.29) is 0 Å². The van der Waals surface area contributed by atoms with Gasteiger partial charge in [-0.2, -0.15) is 0 Å². The van der Waals surface area contributed by atoms with Gasteiger partial charge in [0.05, 0.1) is 7.11 Å². The van der Waals surface area contributed by atoms with Crippen LogP contribution in [-0.2, 0) is 0 Å². The molecule has 2 aromatic carbocycles. The smallest absolute Gasteiger partial charge is 0.204 e. The van der Waals surface area contributed by atoms with Crippen LogP contribution in [-0.4, -0.2) is 7.11 Å². The van der Waals surface area contributed by atoms with E-state index in [0.29, 0.717) is 0 Å². The Bertz CT molecular complexity index is 496. The summed E-state index contributed by atoms with van der Waals surface area (Å²) < 4.78 is 5.11. The number of rotatable bonds is 2. The number of methoxy groups -OCH3 is 1. The van der Waals surface area contributed by atoms with Gasteiger partial charge >= 0.3 is 0 Å². The minimum Gasteiger partial charge on any atom is -0.497 e. The van der Waals surface area contributed by atoms with Gasteiger partial charge in [-0.3, -0.25) is 0 Å². The van der Waals surface area contributed by atoms with Gasteiger partial charge < -0.3 is 4.74 Å². The van der Waals surface area contributed by atoms with Gasteiger partial charge in [0, 0.05) is 24.3 Å². The molecular weight excluding hydrogens is 198 g/mol. The molecule has 0 aromatic heterocycles. The Hall–Kier alpha value is -2.09. The highest BCUT2D eigenvalue weighted by Crippen LogP contribution is 2.10. The van der Waals surface area contributed by atoms with E-state index in [9.17, 15) is 0 Å². The van der Waals surface area contributed by atoms with Gasteiger partial charge in [-0.25, -0.2) is 4.99 Å². The molecule has 0 saturated carbocycles. The van der Waals surface area contributed by atoms with Crippen molar-refractivity contribution in [2.75, 3.05) is 7.11 Å². The summed E-state index contributed by atoms with van der Waals surface area (Å²) in [6.45, 7) is 0. The molecule has 2 rings (SSSR count). The summed E-state index contributed by atoms with van der Waals surface area (Å²) in [4.78, 5) is 3.32. The molecule has 0 aliphatic heterocycles. The molecule has 1 N–H and O–H groups in total.